The number of nitrogens with zero attached hydrogens (tertiary/aromatic N) is 1. The van der Waals surface area contributed by atoms with Crippen molar-refractivity contribution in [3.8, 4) is 0 Å². The molecular formula is C8H19NO5. The van der Waals surface area contributed by atoms with Crippen molar-refractivity contribution in [2.24, 2.45) is 5.92 Å². The molecule has 14 heavy (non-hydrogen) atoms. The highest BCUT2D eigenvalue weighted by Gasteiger charge is 2.29. The fourth-order valence-electron chi connectivity index (χ4n) is 1.20. The van der Waals surface area contributed by atoms with Gasteiger partial charge in [0.25, 0.3) is 0 Å². The van der Waals surface area contributed by atoms with Crippen LogP contribution in [0.25, 0.3) is 0 Å². The normalized spacial score (nSPS) is 18.2. The number of aliphatic hydroxyl groups is 4. The van der Waals surface area contributed by atoms with Gasteiger partial charge in [0.05, 0.1) is 19.8 Å². The van der Waals surface area contributed by atoms with Crippen LogP contribution in [0.3, 0.4) is 0 Å². The summed E-state index contributed by atoms with van der Waals surface area (Å²) in [5, 5.41) is 37.6. The van der Waals surface area contributed by atoms with Gasteiger partial charge in [-0.15, -0.1) is 0 Å². The standard InChI is InChI=1S/C8H19NO5/c1-9(14-2)8(13)6(3-4-10)7(12)5-11/h6-8,10-13H,3-5H2,1-2H3/t6-,7-,8?/m0/s1. The molecule has 0 spiro atoms. The fraction of sp³-hybridized carbons (Fsp3) is 1.00. The quantitative estimate of drug-likeness (QED) is 0.290. The maximum absolute atomic E-state index is 9.63. The average molecular weight is 209 g/mol. The Morgan fingerprint density at radius 2 is 1.86 bits per heavy atom. The van der Waals surface area contributed by atoms with Crippen LogP contribution in [0.5, 0.6) is 0 Å². The van der Waals surface area contributed by atoms with Crippen LogP contribution in [0.2, 0.25) is 0 Å². The van der Waals surface area contributed by atoms with Gasteiger partial charge in [-0.1, -0.05) is 0 Å². The first-order valence-corrected chi connectivity index (χ1v) is 4.43. The molecule has 1 unspecified atom stereocenters. The van der Waals surface area contributed by atoms with Crippen molar-refractivity contribution >= 4 is 0 Å². The van der Waals surface area contributed by atoms with E-state index in [0.29, 0.717) is 0 Å². The van der Waals surface area contributed by atoms with Gasteiger partial charge < -0.3 is 25.3 Å². The van der Waals surface area contributed by atoms with Gasteiger partial charge in [-0.2, -0.15) is 5.06 Å². The van der Waals surface area contributed by atoms with Crippen molar-refractivity contribution in [2.45, 2.75) is 18.8 Å². The van der Waals surface area contributed by atoms with Gasteiger partial charge in [0.15, 0.2) is 0 Å². The Hall–Kier alpha value is -0.240. The monoisotopic (exact) mass is 209 g/mol. The van der Waals surface area contributed by atoms with Gasteiger partial charge >= 0.3 is 0 Å². The molecule has 6 heteroatoms. The number of hydrogen-bond donors (Lipinski definition) is 4. The van der Waals surface area contributed by atoms with Crippen LogP contribution in [0.4, 0.5) is 0 Å². The minimum Gasteiger partial charge on any atom is -0.396 e. The average Bonchev–Trinajstić information content (AvgIpc) is 2.22. The number of hydroxylamine groups is 2. The van der Waals surface area contributed by atoms with E-state index in [-0.39, 0.29) is 13.0 Å². The Bertz CT molecular complexity index is 146. The zero-order valence-corrected chi connectivity index (χ0v) is 8.50. The number of aliphatic hydroxyl groups excluding tert-OH is 4. The van der Waals surface area contributed by atoms with E-state index in [0.717, 1.165) is 5.06 Å². The van der Waals surface area contributed by atoms with Crippen LogP contribution in [-0.2, 0) is 4.84 Å². The highest BCUT2D eigenvalue weighted by Crippen LogP contribution is 2.16. The fourth-order valence-corrected chi connectivity index (χ4v) is 1.20. The van der Waals surface area contributed by atoms with E-state index in [9.17, 15) is 10.2 Å². The van der Waals surface area contributed by atoms with Crippen molar-refractivity contribution in [2.75, 3.05) is 27.4 Å². The molecule has 6 nitrogen and oxygen atoms in total. The molecule has 0 radical (unpaired) electrons. The molecule has 3 atom stereocenters. The SMILES string of the molecule is CON(C)C(O)[C@@H](CCO)[C@@H](O)CO. The van der Waals surface area contributed by atoms with Crippen LogP contribution >= 0.6 is 0 Å². The lowest BCUT2D eigenvalue weighted by molar-refractivity contribution is -0.233. The van der Waals surface area contributed by atoms with Crippen LogP contribution in [0.1, 0.15) is 6.42 Å². The second-order valence-corrected chi connectivity index (χ2v) is 3.07. The molecule has 0 aliphatic heterocycles. The molecule has 0 aromatic rings. The predicted molar refractivity (Wildman–Crippen MR) is 49.1 cm³/mol. The number of rotatable bonds is 7. The van der Waals surface area contributed by atoms with E-state index in [1.165, 1.54) is 14.2 Å². The highest BCUT2D eigenvalue weighted by atomic mass is 16.7. The zero-order chi connectivity index (χ0) is 11.1. The summed E-state index contributed by atoms with van der Waals surface area (Å²) in [6.45, 7) is -0.629. The van der Waals surface area contributed by atoms with Crippen LogP contribution in [-0.4, -0.2) is 65.2 Å². The minimum absolute atomic E-state index is 0.170. The maximum atomic E-state index is 9.63. The summed E-state index contributed by atoms with van der Waals surface area (Å²) < 4.78 is 0. The van der Waals surface area contributed by atoms with Crippen molar-refractivity contribution in [1.29, 1.82) is 0 Å². The Kier molecular flexibility index (Phi) is 6.98. The molecular weight excluding hydrogens is 190 g/mol. The summed E-state index contributed by atoms with van der Waals surface area (Å²) in [4.78, 5) is 4.74. The largest absolute Gasteiger partial charge is 0.396 e. The van der Waals surface area contributed by atoms with Gasteiger partial charge in [0.2, 0.25) is 0 Å². The smallest absolute Gasteiger partial charge is 0.135 e. The Balaban J connectivity index is 4.31. The lowest BCUT2D eigenvalue weighted by Crippen LogP contribution is -2.44. The summed E-state index contributed by atoms with van der Waals surface area (Å²) >= 11 is 0. The van der Waals surface area contributed by atoms with Crippen LogP contribution in [0, 0.1) is 5.92 Å². The van der Waals surface area contributed by atoms with Gasteiger partial charge in [-0.3, -0.25) is 0 Å². The molecule has 4 N–H and O–H groups in total. The third-order valence-electron chi connectivity index (χ3n) is 2.19. The summed E-state index contributed by atoms with van der Waals surface area (Å²) in [7, 11) is 2.88. The first-order chi connectivity index (χ1) is 6.58. The van der Waals surface area contributed by atoms with E-state index < -0.39 is 24.9 Å². The van der Waals surface area contributed by atoms with Gasteiger partial charge in [0, 0.05) is 19.6 Å². The lowest BCUT2D eigenvalue weighted by Gasteiger charge is -2.30. The molecule has 0 saturated heterocycles. The summed E-state index contributed by atoms with van der Waals surface area (Å²) in [5.41, 5.74) is 0. The molecule has 0 fully saturated rings. The minimum atomic E-state index is -1.07. The van der Waals surface area contributed by atoms with E-state index >= 15 is 0 Å². The molecule has 0 rings (SSSR count). The van der Waals surface area contributed by atoms with E-state index in [4.69, 9.17) is 15.1 Å². The summed E-state index contributed by atoms with van der Waals surface area (Å²) in [6, 6.07) is 0. The van der Waals surface area contributed by atoms with Crippen LogP contribution < -0.4 is 0 Å². The molecule has 0 bridgehead atoms. The molecule has 0 amide bonds. The molecule has 0 aliphatic rings. The summed E-state index contributed by atoms with van der Waals surface area (Å²) in [6.07, 6.45) is -1.94. The first kappa shape index (κ1) is 13.8. The Labute approximate surface area is 83.3 Å². The van der Waals surface area contributed by atoms with E-state index in [1.54, 1.807) is 0 Å². The third-order valence-corrected chi connectivity index (χ3v) is 2.19. The van der Waals surface area contributed by atoms with Crippen molar-refractivity contribution in [3.05, 3.63) is 0 Å². The number of hydrogen-bond acceptors (Lipinski definition) is 6. The van der Waals surface area contributed by atoms with E-state index in [2.05, 4.69) is 0 Å². The van der Waals surface area contributed by atoms with E-state index in [1.807, 2.05) is 0 Å². The Morgan fingerprint density at radius 3 is 2.21 bits per heavy atom. The van der Waals surface area contributed by atoms with Crippen LogP contribution in [0.15, 0.2) is 0 Å². The molecule has 0 aromatic carbocycles. The van der Waals surface area contributed by atoms with Crippen molar-refractivity contribution in [3.63, 3.8) is 0 Å². The lowest BCUT2D eigenvalue weighted by atomic mass is 9.97. The van der Waals surface area contributed by atoms with Crippen molar-refractivity contribution in [1.82, 2.24) is 5.06 Å². The first-order valence-electron chi connectivity index (χ1n) is 4.43. The molecule has 0 saturated carbocycles. The zero-order valence-electron chi connectivity index (χ0n) is 8.50. The van der Waals surface area contributed by atoms with Gasteiger partial charge in [-0.05, 0) is 6.42 Å². The summed E-state index contributed by atoms with van der Waals surface area (Å²) in [5.74, 6) is -0.644. The predicted octanol–water partition coefficient (Wildman–Crippen LogP) is -1.85. The second kappa shape index (κ2) is 7.10. The second-order valence-electron chi connectivity index (χ2n) is 3.07. The van der Waals surface area contributed by atoms with Crippen molar-refractivity contribution < 1.29 is 25.3 Å². The van der Waals surface area contributed by atoms with Gasteiger partial charge in [-0.25, -0.2) is 0 Å². The third kappa shape index (κ3) is 3.87. The molecule has 0 aliphatic carbocycles. The van der Waals surface area contributed by atoms with Gasteiger partial charge in [0.1, 0.15) is 6.23 Å². The highest BCUT2D eigenvalue weighted by molar-refractivity contribution is 4.73. The molecule has 0 aromatic heterocycles. The topological polar surface area (TPSA) is 93.4 Å². The Morgan fingerprint density at radius 1 is 1.29 bits per heavy atom. The maximum Gasteiger partial charge on any atom is 0.135 e. The molecule has 86 valence electrons. The molecule has 0 heterocycles.